The minimum atomic E-state index is -0.748. The summed E-state index contributed by atoms with van der Waals surface area (Å²) in [4.78, 5) is 10.2. The van der Waals surface area contributed by atoms with Gasteiger partial charge in [0, 0.05) is 0 Å². The molecule has 4 nitrogen and oxygen atoms in total. The van der Waals surface area contributed by atoms with Crippen LogP contribution in [0.4, 0.5) is 0 Å². The van der Waals surface area contributed by atoms with Crippen molar-refractivity contribution in [2.24, 2.45) is 0 Å². The molecule has 0 unspecified atom stereocenters. The SMILES string of the molecule is C1=C[C@@H]2OO[C@H]1C=CC21OCCO1. The zero-order chi connectivity index (χ0) is 8.73. The first-order chi connectivity index (χ1) is 6.39. The maximum absolute atomic E-state index is 5.53. The molecular formula is C9H10O4. The lowest BCUT2D eigenvalue weighted by Crippen LogP contribution is -2.42. The Bertz CT molecular complexity index is 265. The van der Waals surface area contributed by atoms with Crippen LogP contribution in [0.2, 0.25) is 0 Å². The van der Waals surface area contributed by atoms with Gasteiger partial charge in [-0.3, -0.25) is 0 Å². The predicted molar refractivity (Wildman–Crippen MR) is 42.7 cm³/mol. The van der Waals surface area contributed by atoms with Gasteiger partial charge in [0.1, 0.15) is 6.10 Å². The molecule has 2 atom stereocenters. The van der Waals surface area contributed by atoms with Crippen LogP contribution in [0.25, 0.3) is 0 Å². The minimum Gasteiger partial charge on any atom is -0.342 e. The van der Waals surface area contributed by atoms with Crippen LogP contribution in [-0.4, -0.2) is 31.2 Å². The number of hydrogen-bond donors (Lipinski definition) is 0. The van der Waals surface area contributed by atoms with Crippen molar-refractivity contribution in [3.8, 4) is 0 Å². The van der Waals surface area contributed by atoms with Gasteiger partial charge in [-0.05, 0) is 24.3 Å². The lowest BCUT2D eigenvalue weighted by atomic mass is 10.1. The summed E-state index contributed by atoms with van der Waals surface area (Å²) >= 11 is 0. The van der Waals surface area contributed by atoms with Gasteiger partial charge in [0.15, 0.2) is 6.10 Å². The van der Waals surface area contributed by atoms with E-state index in [1.807, 2.05) is 24.3 Å². The number of rotatable bonds is 0. The Morgan fingerprint density at radius 2 is 1.85 bits per heavy atom. The fourth-order valence-corrected chi connectivity index (χ4v) is 1.72. The van der Waals surface area contributed by atoms with E-state index in [4.69, 9.17) is 19.2 Å². The normalized spacial score (nSPS) is 40.0. The fourth-order valence-electron chi connectivity index (χ4n) is 1.72. The van der Waals surface area contributed by atoms with Crippen LogP contribution in [-0.2, 0) is 19.2 Å². The molecule has 0 aromatic carbocycles. The Balaban J connectivity index is 2.00. The Morgan fingerprint density at radius 3 is 2.54 bits per heavy atom. The van der Waals surface area contributed by atoms with Crippen LogP contribution in [0.3, 0.4) is 0 Å². The van der Waals surface area contributed by atoms with Crippen molar-refractivity contribution in [1.82, 2.24) is 0 Å². The van der Waals surface area contributed by atoms with Gasteiger partial charge in [-0.1, -0.05) is 0 Å². The molecule has 4 rings (SSSR count). The summed E-state index contributed by atoms with van der Waals surface area (Å²) in [7, 11) is 0. The maximum Gasteiger partial charge on any atom is 0.222 e. The van der Waals surface area contributed by atoms with Gasteiger partial charge in [-0.25, -0.2) is 9.78 Å². The summed E-state index contributed by atoms with van der Waals surface area (Å²) in [5.74, 6) is -0.748. The first-order valence-corrected chi connectivity index (χ1v) is 4.37. The van der Waals surface area contributed by atoms with Crippen molar-refractivity contribution >= 4 is 0 Å². The van der Waals surface area contributed by atoms with Crippen molar-refractivity contribution in [3.63, 3.8) is 0 Å². The van der Waals surface area contributed by atoms with E-state index in [0.29, 0.717) is 13.2 Å². The van der Waals surface area contributed by atoms with Crippen LogP contribution < -0.4 is 0 Å². The highest BCUT2D eigenvalue weighted by Crippen LogP contribution is 2.33. The zero-order valence-electron chi connectivity index (χ0n) is 7.01. The van der Waals surface area contributed by atoms with E-state index in [1.165, 1.54) is 0 Å². The monoisotopic (exact) mass is 182 g/mol. The average molecular weight is 182 g/mol. The Morgan fingerprint density at radius 1 is 1.00 bits per heavy atom. The van der Waals surface area contributed by atoms with Crippen LogP contribution in [0.1, 0.15) is 0 Å². The predicted octanol–water partition coefficient (Wildman–Crippen LogP) is 0.554. The van der Waals surface area contributed by atoms with E-state index in [-0.39, 0.29) is 12.2 Å². The summed E-state index contributed by atoms with van der Waals surface area (Å²) in [5.41, 5.74) is 0. The molecule has 13 heavy (non-hydrogen) atoms. The van der Waals surface area contributed by atoms with Crippen molar-refractivity contribution in [3.05, 3.63) is 24.3 Å². The lowest BCUT2D eigenvalue weighted by molar-refractivity contribution is -0.365. The van der Waals surface area contributed by atoms with Crippen molar-refractivity contribution in [2.75, 3.05) is 13.2 Å². The quantitative estimate of drug-likeness (QED) is 0.405. The molecule has 4 aliphatic rings. The Kier molecular flexibility index (Phi) is 1.57. The largest absolute Gasteiger partial charge is 0.342 e. The van der Waals surface area contributed by atoms with E-state index in [9.17, 15) is 0 Å². The summed E-state index contributed by atoms with van der Waals surface area (Å²) < 4.78 is 11.1. The highest BCUT2D eigenvalue weighted by Gasteiger charge is 2.46. The van der Waals surface area contributed by atoms with Gasteiger partial charge in [0.05, 0.1) is 13.2 Å². The third kappa shape index (κ3) is 1.07. The van der Waals surface area contributed by atoms with Crippen molar-refractivity contribution in [2.45, 2.75) is 18.0 Å². The maximum atomic E-state index is 5.53. The Labute approximate surface area is 75.6 Å². The third-order valence-corrected chi connectivity index (χ3v) is 2.40. The van der Waals surface area contributed by atoms with Crippen LogP contribution >= 0.6 is 0 Å². The smallest absolute Gasteiger partial charge is 0.222 e. The van der Waals surface area contributed by atoms with Gasteiger partial charge in [-0.15, -0.1) is 0 Å². The van der Waals surface area contributed by atoms with Crippen LogP contribution in [0.15, 0.2) is 24.3 Å². The van der Waals surface area contributed by atoms with Crippen LogP contribution in [0, 0.1) is 0 Å². The molecule has 1 spiro atoms. The van der Waals surface area contributed by atoms with E-state index in [2.05, 4.69) is 0 Å². The van der Waals surface area contributed by atoms with E-state index >= 15 is 0 Å². The van der Waals surface area contributed by atoms with E-state index in [0.717, 1.165) is 0 Å². The molecule has 3 aliphatic heterocycles. The number of ether oxygens (including phenoxy) is 2. The van der Waals surface area contributed by atoms with Crippen molar-refractivity contribution < 1.29 is 19.2 Å². The summed E-state index contributed by atoms with van der Waals surface area (Å²) in [6.45, 7) is 1.20. The standard InChI is InChI=1S/C9H10O4/c1-2-8-9(10-5-6-11-9)4-3-7(1)12-13-8/h1-4,7-8H,5-6H2/t7-,8+/m1/s1. The summed E-state index contributed by atoms with van der Waals surface area (Å²) in [6, 6.07) is 0. The highest BCUT2D eigenvalue weighted by molar-refractivity contribution is 5.20. The third-order valence-electron chi connectivity index (χ3n) is 2.40. The van der Waals surface area contributed by atoms with Gasteiger partial charge < -0.3 is 9.47 Å². The Hall–Kier alpha value is -0.680. The first-order valence-electron chi connectivity index (χ1n) is 4.37. The molecule has 0 amide bonds. The van der Waals surface area contributed by atoms with Gasteiger partial charge in [0.2, 0.25) is 5.79 Å². The molecule has 2 bridgehead atoms. The van der Waals surface area contributed by atoms with Gasteiger partial charge in [0.25, 0.3) is 0 Å². The fraction of sp³-hybridized carbons (Fsp3) is 0.556. The minimum absolute atomic E-state index is 0.108. The molecule has 4 heteroatoms. The van der Waals surface area contributed by atoms with E-state index < -0.39 is 5.79 Å². The number of hydrogen-bond acceptors (Lipinski definition) is 4. The average Bonchev–Trinajstić information content (AvgIpc) is 2.51. The van der Waals surface area contributed by atoms with Gasteiger partial charge >= 0.3 is 0 Å². The first kappa shape index (κ1) is 7.70. The van der Waals surface area contributed by atoms with Gasteiger partial charge in [-0.2, -0.15) is 0 Å². The highest BCUT2D eigenvalue weighted by atomic mass is 17.2. The zero-order valence-corrected chi connectivity index (χ0v) is 7.01. The second-order valence-corrected chi connectivity index (χ2v) is 3.24. The second-order valence-electron chi connectivity index (χ2n) is 3.24. The molecule has 3 heterocycles. The molecular weight excluding hydrogens is 172 g/mol. The topological polar surface area (TPSA) is 36.9 Å². The lowest BCUT2D eigenvalue weighted by Gasteiger charge is -2.29. The molecule has 0 aromatic heterocycles. The summed E-state index contributed by atoms with van der Waals surface area (Å²) in [6.07, 6.45) is 7.22. The number of fused-ring (bicyclic) bond motifs is 1. The second kappa shape index (κ2) is 2.65. The molecule has 70 valence electrons. The molecule has 0 aromatic rings. The molecule has 1 fully saturated rings. The summed E-state index contributed by atoms with van der Waals surface area (Å²) in [5, 5.41) is 0. The van der Waals surface area contributed by atoms with Crippen molar-refractivity contribution in [1.29, 1.82) is 0 Å². The molecule has 0 N–H and O–H groups in total. The molecule has 1 saturated heterocycles. The molecule has 0 radical (unpaired) electrons. The van der Waals surface area contributed by atoms with E-state index in [1.54, 1.807) is 0 Å². The molecule has 1 aliphatic carbocycles. The van der Waals surface area contributed by atoms with Crippen LogP contribution in [0.5, 0.6) is 0 Å². The molecule has 0 saturated carbocycles.